The van der Waals surface area contributed by atoms with Gasteiger partial charge in [0.05, 0.1) is 6.04 Å². The molecule has 1 aliphatic heterocycles. The Morgan fingerprint density at radius 3 is 2.72 bits per heavy atom. The zero-order valence-electron chi connectivity index (χ0n) is 10.3. The van der Waals surface area contributed by atoms with Crippen LogP contribution in [0.15, 0.2) is 48.5 Å². The fourth-order valence-electron chi connectivity index (χ4n) is 2.46. The van der Waals surface area contributed by atoms with Gasteiger partial charge in [-0.05, 0) is 23.3 Å². The molecule has 0 spiro atoms. The second-order valence-corrected chi connectivity index (χ2v) is 4.59. The van der Waals surface area contributed by atoms with E-state index in [1.54, 1.807) is 0 Å². The maximum Gasteiger partial charge on any atom is 0.263 e. The quantitative estimate of drug-likeness (QED) is 0.574. The molecule has 89 valence electrons. The molecule has 1 radical (unpaired) electrons. The largest absolute Gasteiger partial charge is 0.399 e. The molecule has 3 N–H and O–H groups in total. The van der Waals surface area contributed by atoms with Gasteiger partial charge >= 0.3 is 0 Å². The van der Waals surface area contributed by atoms with E-state index in [1.165, 1.54) is 11.1 Å². The lowest BCUT2D eigenvalue weighted by molar-refractivity contribution is 0.243. The van der Waals surface area contributed by atoms with Crippen LogP contribution >= 0.6 is 0 Å². The summed E-state index contributed by atoms with van der Waals surface area (Å²) in [5.41, 5.74) is 10.3. The molecule has 0 bridgehead atoms. The van der Waals surface area contributed by atoms with Gasteiger partial charge < -0.3 is 5.73 Å². The molecule has 0 fully saturated rings. The van der Waals surface area contributed by atoms with Crippen LogP contribution in [0.4, 0.5) is 5.69 Å². The standard InChI is InChI=1S/C14H15BN3/c1-18-14(10-5-3-2-4-6-10)12-8-7-11(16)9-13(12)15-17-18/h2-9,14,17H,16H2,1H3. The van der Waals surface area contributed by atoms with E-state index in [-0.39, 0.29) is 6.04 Å². The van der Waals surface area contributed by atoms with Crippen molar-refractivity contribution in [3.8, 4) is 0 Å². The van der Waals surface area contributed by atoms with Crippen molar-refractivity contribution in [1.29, 1.82) is 0 Å². The lowest BCUT2D eigenvalue weighted by Crippen LogP contribution is -2.51. The molecule has 3 rings (SSSR count). The molecule has 1 heterocycles. The van der Waals surface area contributed by atoms with Gasteiger partial charge in [0.25, 0.3) is 7.41 Å². The second kappa shape index (κ2) is 4.48. The number of nitrogens with two attached hydrogens (primary N) is 1. The average Bonchev–Trinajstić information content (AvgIpc) is 2.40. The van der Waals surface area contributed by atoms with Crippen LogP contribution in [-0.4, -0.2) is 19.5 Å². The lowest BCUT2D eigenvalue weighted by atomic mass is 9.74. The van der Waals surface area contributed by atoms with Crippen molar-refractivity contribution < 1.29 is 0 Å². The summed E-state index contributed by atoms with van der Waals surface area (Å²) < 4.78 is 0. The first-order chi connectivity index (χ1) is 8.75. The fourth-order valence-corrected chi connectivity index (χ4v) is 2.46. The lowest BCUT2D eigenvalue weighted by Gasteiger charge is -2.35. The Morgan fingerprint density at radius 1 is 1.17 bits per heavy atom. The number of benzene rings is 2. The van der Waals surface area contributed by atoms with Crippen LogP contribution in [0.25, 0.3) is 0 Å². The Kier molecular flexibility index (Phi) is 2.82. The minimum atomic E-state index is 0.215. The Morgan fingerprint density at radius 2 is 1.94 bits per heavy atom. The van der Waals surface area contributed by atoms with Gasteiger partial charge in [-0.1, -0.05) is 41.9 Å². The van der Waals surface area contributed by atoms with Crippen molar-refractivity contribution in [3.05, 3.63) is 59.7 Å². The van der Waals surface area contributed by atoms with E-state index in [0.717, 1.165) is 11.2 Å². The monoisotopic (exact) mass is 236 g/mol. The van der Waals surface area contributed by atoms with Gasteiger partial charge in [0, 0.05) is 12.7 Å². The van der Waals surface area contributed by atoms with E-state index in [0.29, 0.717) is 0 Å². The highest BCUT2D eigenvalue weighted by molar-refractivity contribution is 6.52. The molecule has 3 nitrogen and oxygen atoms in total. The van der Waals surface area contributed by atoms with Crippen LogP contribution in [0, 0.1) is 0 Å². The van der Waals surface area contributed by atoms with Crippen molar-refractivity contribution in [1.82, 2.24) is 10.3 Å². The van der Waals surface area contributed by atoms with Gasteiger partial charge in [-0.25, -0.2) is 5.01 Å². The Balaban J connectivity index is 2.10. The molecule has 0 aromatic heterocycles. The number of fused-ring (bicyclic) bond motifs is 1. The number of nitrogens with one attached hydrogen (secondary N) is 1. The summed E-state index contributed by atoms with van der Waals surface area (Å²) >= 11 is 0. The summed E-state index contributed by atoms with van der Waals surface area (Å²) in [7, 11) is 4.04. The van der Waals surface area contributed by atoms with Gasteiger partial charge in [0.1, 0.15) is 0 Å². The van der Waals surface area contributed by atoms with Crippen molar-refractivity contribution in [2.24, 2.45) is 0 Å². The number of hydrogen-bond donors (Lipinski definition) is 2. The molecule has 2 aromatic carbocycles. The third kappa shape index (κ3) is 1.90. The molecular formula is C14H15BN3. The van der Waals surface area contributed by atoms with E-state index < -0.39 is 0 Å². The van der Waals surface area contributed by atoms with Gasteiger partial charge in [-0.15, -0.1) is 0 Å². The third-order valence-corrected chi connectivity index (χ3v) is 3.33. The summed E-state index contributed by atoms with van der Waals surface area (Å²) in [6.45, 7) is 0. The predicted molar refractivity (Wildman–Crippen MR) is 75.4 cm³/mol. The molecule has 0 saturated heterocycles. The molecule has 0 amide bonds. The summed E-state index contributed by atoms with van der Waals surface area (Å²) in [4.78, 5) is 0. The van der Waals surface area contributed by atoms with Gasteiger partial charge in [0.15, 0.2) is 0 Å². The highest BCUT2D eigenvalue weighted by Gasteiger charge is 2.26. The van der Waals surface area contributed by atoms with E-state index in [1.807, 2.05) is 32.7 Å². The van der Waals surface area contributed by atoms with Crippen LogP contribution in [-0.2, 0) is 0 Å². The number of rotatable bonds is 1. The first kappa shape index (κ1) is 11.3. The molecule has 0 saturated carbocycles. The maximum absolute atomic E-state index is 5.84. The number of nitrogens with zero attached hydrogens (tertiary/aromatic N) is 1. The number of anilines is 1. The van der Waals surface area contributed by atoms with Crippen molar-refractivity contribution in [3.63, 3.8) is 0 Å². The van der Waals surface area contributed by atoms with Crippen LogP contribution in [0.1, 0.15) is 17.2 Å². The molecule has 0 aliphatic carbocycles. The van der Waals surface area contributed by atoms with Crippen LogP contribution in [0.5, 0.6) is 0 Å². The van der Waals surface area contributed by atoms with Crippen molar-refractivity contribution in [2.75, 3.05) is 12.8 Å². The summed E-state index contributed by atoms with van der Waals surface area (Å²) in [6, 6.07) is 16.8. The maximum atomic E-state index is 5.84. The Hall–Kier alpha value is -1.78. The van der Waals surface area contributed by atoms with Crippen molar-refractivity contribution in [2.45, 2.75) is 6.04 Å². The third-order valence-electron chi connectivity index (χ3n) is 3.33. The molecule has 2 aromatic rings. The van der Waals surface area contributed by atoms with Crippen molar-refractivity contribution >= 4 is 18.6 Å². The summed E-state index contributed by atoms with van der Waals surface area (Å²) in [5.74, 6) is 0. The number of nitrogen functional groups attached to an aromatic ring is 1. The molecule has 1 aliphatic rings. The second-order valence-electron chi connectivity index (χ2n) is 4.59. The first-order valence-corrected chi connectivity index (χ1v) is 6.02. The van der Waals surface area contributed by atoms with E-state index in [4.69, 9.17) is 5.73 Å². The van der Waals surface area contributed by atoms with E-state index >= 15 is 0 Å². The normalized spacial score (nSPS) is 19.1. The SMILES string of the molecule is CN1N[B]c2cc(N)ccc2C1c1ccccc1. The Bertz CT molecular complexity index is 556. The van der Waals surface area contributed by atoms with Crippen LogP contribution in [0.3, 0.4) is 0 Å². The Labute approximate surface area is 108 Å². The zero-order valence-corrected chi connectivity index (χ0v) is 10.3. The van der Waals surface area contributed by atoms with Gasteiger partial charge in [-0.3, -0.25) is 5.34 Å². The molecule has 1 atom stereocenters. The molecule has 4 heteroatoms. The van der Waals surface area contributed by atoms with Crippen LogP contribution < -0.4 is 16.5 Å². The summed E-state index contributed by atoms with van der Waals surface area (Å²) in [6.07, 6.45) is 0. The minimum Gasteiger partial charge on any atom is -0.399 e. The number of hydrogen-bond acceptors (Lipinski definition) is 3. The molecule has 1 unspecified atom stereocenters. The first-order valence-electron chi connectivity index (χ1n) is 6.02. The van der Waals surface area contributed by atoms with E-state index in [2.05, 4.69) is 40.7 Å². The van der Waals surface area contributed by atoms with Gasteiger partial charge in [0.2, 0.25) is 0 Å². The summed E-state index contributed by atoms with van der Waals surface area (Å²) in [5, 5.41) is 5.37. The zero-order chi connectivity index (χ0) is 12.5. The average molecular weight is 236 g/mol. The minimum absolute atomic E-state index is 0.215. The molecule has 18 heavy (non-hydrogen) atoms. The van der Waals surface area contributed by atoms with Crippen LogP contribution in [0.2, 0.25) is 0 Å². The highest BCUT2D eigenvalue weighted by atomic mass is 15.5. The smallest absolute Gasteiger partial charge is 0.263 e. The fraction of sp³-hybridized carbons (Fsp3) is 0.143. The highest BCUT2D eigenvalue weighted by Crippen LogP contribution is 2.27. The molecular weight excluding hydrogens is 221 g/mol. The van der Waals surface area contributed by atoms with E-state index in [9.17, 15) is 0 Å². The van der Waals surface area contributed by atoms with Gasteiger partial charge in [-0.2, -0.15) is 0 Å². The predicted octanol–water partition coefficient (Wildman–Crippen LogP) is 1.05. The number of hydrazine groups is 1. The topological polar surface area (TPSA) is 41.3 Å².